The van der Waals surface area contributed by atoms with Crippen molar-refractivity contribution in [1.82, 2.24) is 20.4 Å². The Bertz CT molecular complexity index is 1210. The van der Waals surface area contributed by atoms with E-state index in [-0.39, 0.29) is 18.4 Å². The SMILES string of the molecule is CC(C)[C@H](NC(=O)C(NC(=O)OCC1c2ccccc2-c2ccccc21)c1ccnn1C)C(=O)O. The molecule has 9 nitrogen and oxygen atoms in total. The maximum Gasteiger partial charge on any atom is 0.408 e. The normalized spacial score (nSPS) is 14.1. The average Bonchev–Trinajstić information content (AvgIpc) is 3.40. The van der Waals surface area contributed by atoms with Crippen LogP contribution in [0.4, 0.5) is 4.79 Å². The molecule has 35 heavy (non-hydrogen) atoms. The van der Waals surface area contributed by atoms with Crippen molar-refractivity contribution in [3.8, 4) is 11.1 Å². The van der Waals surface area contributed by atoms with Crippen molar-refractivity contribution in [3.63, 3.8) is 0 Å². The second-order valence-corrected chi connectivity index (χ2v) is 8.85. The first-order valence-electron chi connectivity index (χ1n) is 11.4. The number of alkyl carbamates (subject to hydrolysis) is 1. The van der Waals surface area contributed by atoms with Crippen LogP contribution in [-0.2, 0) is 21.4 Å². The van der Waals surface area contributed by atoms with Crippen LogP contribution >= 0.6 is 0 Å². The number of aliphatic carboxylic acids is 1. The molecule has 0 radical (unpaired) electrons. The standard InChI is InChI=1S/C26H28N4O5/c1-15(2)22(25(32)33)28-24(31)23(21-12-13-27-30(21)3)29-26(34)35-14-20-18-10-6-4-8-16(18)17-9-5-7-11-19(17)20/h4-13,15,20,22-23H,14H2,1-3H3,(H,28,31)(H,29,34)(H,32,33)/t22-,23?/m0/s1. The van der Waals surface area contributed by atoms with Gasteiger partial charge in [-0.2, -0.15) is 5.10 Å². The summed E-state index contributed by atoms with van der Waals surface area (Å²) in [6.07, 6.45) is 0.705. The Hall–Kier alpha value is -4.14. The molecule has 1 unspecified atom stereocenters. The molecule has 0 saturated heterocycles. The fourth-order valence-corrected chi connectivity index (χ4v) is 4.45. The molecule has 3 aromatic rings. The summed E-state index contributed by atoms with van der Waals surface area (Å²) in [5, 5.41) is 18.6. The molecule has 4 rings (SSSR count). The van der Waals surface area contributed by atoms with Crippen LogP contribution in [0.5, 0.6) is 0 Å². The number of fused-ring (bicyclic) bond motifs is 3. The monoisotopic (exact) mass is 476 g/mol. The van der Waals surface area contributed by atoms with E-state index in [0.717, 1.165) is 22.3 Å². The minimum atomic E-state index is -1.18. The molecular weight excluding hydrogens is 448 g/mol. The van der Waals surface area contributed by atoms with Gasteiger partial charge in [-0.1, -0.05) is 62.4 Å². The van der Waals surface area contributed by atoms with Gasteiger partial charge in [0.05, 0.1) is 5.69 Å². The number of carboxylic acids is 1. The molecule has 1 heterocycles. The highest BCUT2D eigenvalue weighted by Crippen LogP contribution is 2.44. The lowest BCUT2D eigenvalue weighted by Gasteiger charge is -2.23. The molecule has 1 aliphatic rings. The molecular formula is C26H28N4O5. The highest BCUT2D eigenvalue weighted by molar-refractivity contribution is 5.90. The molecule has 0 fully saturated rings. The fourth-order valence-electron chi connectivity index (χ4n) is 4.45. The van der Waals surface area contributed by atoms with Crippen molar-refractivity contribution >= 4 is 18.0 Å². The minimum absolute atomic E-state index is 0.0866. The van der Waals surface area contributed by atoms with E-state index in [2.05, 4.69) is 15.7 Å². The first-order valence-corrected chi connectivity index (χ1v) is 11.4. The van der Waals surface area contributed by atoms with E-state index in [1.54, 1.807) is 27.0 Å². The van der Waals surface area contributed by atoms with Crippen molar-refractivity contribution in [2.45, 2.75) is 31.8 Å². The Morgan fingerprint density at radius 2 is 1.60 bits per heavy atom. The zero-order valence-electron chi connectivity index (χ0n) is 19.8. The van der Waals surface area contributed by atoms with Gasteiger partial charge in [-0.25, -0.2) is 9.59 Å². The summed E-state index contributed by atoms with van der Waals surface area (Å²) in [5.74, 6) is -2.30. The lowest BCUT2D eigenvalue weighted by molar-refractivity contribution is -0.143. The van der Waals surface area contributed by atoms with E-state index in [9.17, 15) is 19.5 Å². The number of amides is 2. The summed E-state index contributed by atoms with van der Waals surface area (Å²) < 4.78 is 7.03. The zero-order chi connectivity index (χ0) is 25.1. The van der Waals surface area contributed by atoms with Crippen LogP contribution in [0.1, 0.15) is 42.6 Å². The topological polar surface area (TPSA) is 123 Å². The molecule has 1 aliphatic carbocycles. The maximum atomic E-state index is 13.1. The third kappa shape index (κ3) is 4.89. The van der Waals surface area contributed by atoms with E-state index in [1.165, 1.54) is 10.9 Å². The second-order valence-electron chi connectivity index (χ2n) is 8.85. The van der Waals surface area contributed by atoms with Crippen molar-refractivity contribution in [2.24, 2.45) is 13.0 Å². The lowest BCUT2D eigenvalue weighted by Crippen LogP contribution is -2.49. The number of benzene rings is 2. The van der Waals surface area contributed by atoms with Gasteiger partial charge >= 0.3 is 12.1 Å². The van der Waals surface area contributed by atoms with Crippen molar-refractivity contribution in [1.29, 1.82) is 0 Å². The van der Waals surface area contributed by atoms with Crippen LogP contribution in [0.25, 0.3) is 11.1 Å². The first kappa shape index (κ1) is 24.0. The van der Waals surface area contributed by atoms with Gasteiger partial charge in [-0.15, -0.1) is 0 Å². The molecule has 0 bridgehead atoms. The number of carbonyl (C=O) groups excluding carboxylic acids is 2. The molecule has 2 aromatic carbocycles. The van der Waals surface area contributed by atoms with Crippen LogP contribution in [0.2, 0.25) is 0 Å². The van der Waals surface area contributed by atoms with E-state index >= 15 is 0 Å². The van der Waals surface area contributed by atoms with E-state index in [0.29, 0.717) is 5.69 Å². The van der Waals surface area contributed by atoms with Gasteiger partial charge in [0.1, 0.15) is 12.6 Å². The number of nitrogens with zero attached hydrogens (tertiary/aromatic N) is 2. The summed E-state index contributed by atoms with van der Waals surface area (Å²) in [7, 11) is 1.63. The van der Waals surface area contributed by atoms with Crippen LogP contribution in [0.15, 0.2) is 60.8 Å². The average molecular weight is 477 g/mol. The summed E-state index contributed by atoms with van der Waals surface area (Å²) in [4.78, 5) is 37.5. The number of aryl methyl sites for hydroxylation is 1. The third-order valence-corrected chi connectivity index (χ3v) is 6.25. The van der Waals surface area contributed by atoms with Crippen molar-refractivity contribution in [2.75, 3.05) is 6.61 Å². The van der Waals surface area contributed by atoms with Gasteiger partial charge in [0.2, 0.25) is 5.91 Å². The van der Waals surface area contributed by atoms with Crippen molar-refractivity contribution < 1.29 is 24.2 Å². The lowest BCUT2D eigenvalue weighted by atomic mass is 9.98. The van der Waals surface area contributed by atoms with Crippen LogP contribution in [-0.4, -0.2) is 45.5 Å². The second kappa shape index (κ2) is 10.0. The van der Waals surface area contributed by atoms with Gasteiger partial charge < -0.3 is 20.5 Å². The Morgan fingerprint density at radius 3 is 2.11 bits per heavy atom. The fraction of sp³-hybridized carbons (Fsp3) is 0.308. The Labute approximate surface area is 203 Å². The number of nitrogens with one attached hydrogen (secondary N) is 2. The quantitative estimate of drug-likeness (QED) is 0.459. The molecule has 0 aliphatic heterocycles. The number of ether oxygens (including phenoxy) is 1. The summed E-state index contributed by atoms with van der Waals surface area (Å²) in [6.45, 7) is 3.47. The van der Waals surface area contributed by atoms with Crippen LogP contribution in [0.3, 0.4) is 0 Å². The third-order valence-electron chi connectivity index (χ3n) is 6.25. The number of hydrogen-bond acceptors (Lipinski definition) is 5. The highest BCUT2D eigenvalue weighted by atomic mass is 16.5. The predicted octanol–water partition coefficient (Wildman–Crippen LogP) is 3.23. The highest BCUT2D eigenvalue weighted by Gasteiger charge is 2.33. The number of carboxylic acid groups (broad SMARTS) is 1. The molecule has 3 N–H and O–H groups in total. The van der Waals surface area contributed by atoms with E-state index in [1.807, 2.05) is 48.5 Å². The molecule has 2 atom stereocenters. The largest absolute Gasteiger partial charge is 0.480 e. The van der Waals surface area contributed by atoms with Crippen molar-refractivity contribution in [3.05, 3.63) is 77.6 Å². The maximum absolute atomic E-state index is 13.1. The van der Waals surface area contributed by atoms with Crippen LogP contribution in [0, 0.1) is 5.92 Å². The van der Waals surface area contributed by atoms with Gasteiger partial charge in [0.25, 0.3) is 0 Å². The molecule has 0 spiro atoms. The predicted molar refractivity (Wildman–Crippen MR) is 129 cm³/mol. The van der Waals surface area contributed by atoms with Gasteiger partial charge in [-0.05, 0) is 34.2 Å². The van der Waals surface area contributed by atoms with E-state index < -0.39 is 30.1 Å². The number of hydrogen-bond donors (Lipinski definition) is 3. The molecule has 182 valence electrons. The summed E-state index contributed by atoms with van der Waals surface area (Å²) in [6, 6.07) is 15.3. The molecule has 1 aromatic heterocycles. The number of aromatic nitrogens is 2. The molecule has 2 amide bonds. The molecule has 9 heteroatoms. The number of carbonyl (C=O) groups is 3. The minimum Gasteiger partial charge on any atom is -0.480 e. The number of rotatable bonds is 8. The smallest absolute Gasteiger partial charge is 0.408 e. The van der Waals surface area contributed by atoms with E-state index in [4.69, 9.17) is 4.74 Å². The molecule has 0 saturated carbocycles. The Morgan fingerprint density at radius 1 is 1.00 bits per heavy atom. The van der Waals surface area contributed by atoms with Gasteiger partial charge in [-0.3, -0.25) is 9.48 Å². The first-order chi connectivity index (χ1) is 16.8. The zero-order valence-corrected chi connectivity index (χ0v) is 19.8. The van der Waals surface area contributed by atoms with Gasteiger partial charge in [0.15, 0.2) is 6.04 Å². The summed E-state index contributed by atoms with van der Waals surface area (Å²) in [5.41, 5.74) is 4.76. The van der Waals surface area contributed by atoms with Gasteiger partial charge in [0, 0.05) is 19.2 Å². The van der Waals surface area contributed by atoms with Crippen LogP contribution < -0.4 is 10.6 Å². The summed E-state index contributed by atoms with van der Waals surface area (Å²) >= 11 is 0. The Balaban J connectivity index is 1.50. The Kier molecular flexibility index (Phi) is 6.86.